The lowest BCUT2D eigenvalue weighted by molar-refractivity contribution is -0.654. The van der Waals surface area contributed by atoms with E-state index in [0.29, 0.717) is 5.71 Å². The van der Waals surface area contributed by atoms with E-state index in [1.807, 2.05) is 13.0 Å². The standard InChI is InChI=1S/C19H21BN3O/c1-12-8-18(22(4)10-13(12)2)20-9-17-16(11-23(20)5)15-7-6-14(3)21-19(15)24-17/h6-11H,1-5H3/q+1. The Kier molecular flexibility index (Phi) is 3.27. The molecule has 0 saturated carbocycles. The first-order valence-corrected chi connectivity index (χ1v) is 8.22. The van der Waals surface area contributed by atoms with Gasteiger partial charge in [-0.15, -0.1) is 0 Å². The molecular weight excluding hydrogens is 297 g/mol. The van der Waals surface area contributed by atoms with Crippen molar-refractivity contribution in [3.8, 4) is 0 Å². The Morgan fingerprint density at radius 1 is 1.17 bits per heavy atom. The summed E-state index contributed by atoms with van der Waals surface area (Å²) in [4.78, 5) is 6.75. The van der Waals surface area contributed by atoms with Crippen molar-refractivity contribution in [3.05, 3.63) is 51.9 Å². The molecule has 0 aliphatic carbocycles. The number of aromatic nitrogens is 2. The van der Waals surface area contributed by atoms with Crippen molar-refractivity contribution in [2.75, 3.05) is 7.05 Å². The van der Waals surface area contributed by atoms with E-state index in [4.69, 9.17) is 4.42 Å². The van der Waals surface area contributed by atoms with Crippen LogP contribution in [0.4, 0.5) is 0 Å². The second-order valence-electron chi connectivity index (χ2n) is 6.77. The number of fused-ring (bicyclic) bond motifs is 3. The highest BCUT2D eigenvalue weighted by molar-refractivity contribution is 6.82. The maximum absolute atomic E-state index is 6.03. The third-order valence-electron chi connectivity index (χ3n) is 4.93. The molecule has 0 saturated heterocycles. The van der Waals surface area contributed by atoms with E-state index >= 15 is 0 Å². The molecule has 120 valence electrons. The van der Waals surface area contributed by atoms with Crippen LogP contribution < -0.4 is 20.8 Å². The fourth-order valence-corrected chi connectivity index (χ4v) is 3.40. The van der Waals surface area contributed by atoms with Gasteiger partial charge < -0.3 is 9.23 Å². The van der Waals surface area contributed by atoms with Gasteiger partial charge in [0.05, 0.1) is 0 Å². The van der Waals surface area contributed by atoms with Crippen LogP contribution in [0.1, 0.15) is 16.8 Å². The van der Waals surface area contributed by atoms with E-state index in [-0.39, 0.29) is 6.85 Å². The van der Waals surface area contributed by atoms with Crippen LogP contribution in [0.5, 0.6) is 0 Å². The number of rotatable bonds is 1. The Morgan fingerprint density at radius 3 is 2.75 bits per heavy atom. The molecule has 0 bridgehead atoms. The van der Waals surface area contributed by atoms with E-state index in [2.05, 4.69) is 72.8 Å². The fourth-order valence-electron chi connectivity index (χ4n) is 3.40. The topological polar surface area (TPSA) is 33.1 Å². The Hall–Kier alpha value is -2.56. The average molecular weight is 318 g/mol. The highest BCUT2D eigenvalue weighted by Gasteiger charge is 2.31. The molecule has 0 unspecified atom stereocenters. The molecule has 0 fully saturated rings. The van der Waals surface area contributed by atoms with Gasteiger partial charge in [-0.2, -0.15) is 0 Å². The Bertz CT molecular complexity index is 1080. The minimum atomic E-state index is 0.142. The van der Waals surface area contributed by atoms with Crippen molar-refractivity contribution in [1.29, 1.82) is 0 Å². The largest absolute Gasteiger partial charge is 0.439 e. The van der Waals surface area contributed by atoms with E-state index < -0.39 is 0 Å². The van der Waals surface area contributed by atoms with Gasteiger partial charge in [0.1, 0.15) is 12.5 Å². The van der Waals surface area contributed by atoms with Gasteiger partial charge in [-0.25, -0.2) is 9.55 Å². The number of pyridine rings is 2. The van der Waals surface area contributed by atoms with Crippen LogP contribution in [-0.2, 0) is 7.05 Å². The zero-order valence-corrected chi connectivity index (χ0v) is 14.8. The van der Waals surface area contributed by atoms with Gasteiger partial charge in [0, 0.05) is 27.9 Å². The third kappa shape index (κ3) is 2.23. The van der Waals surface area contributed by atoms with Crippen LogP contribution in [0.3, 0.4) is 0 Å². The SMILES string of the molecule is Cc1ccc2c3c(oc2n1)=CB(c1cc(C)c(C)c[n+]1C)N(C)C=3. The maximum atomic E-state index is 6.03. The first-order chi connectivity index (χ1) is 11.4. The molecule has 4 nitrogen and oxygen atoms in total. The summed E-state index contributed by atoms with van der Waals surface area (Å²) in [6.07, 6.45) is 4.35. The van der Waals surface area contributed by atoms with Crippen molar-refractivity contribution in [3.63, 3.8) is 0 Å². The van der Waals surface area contributed by atoms with Crippen LogP contribution in [0.15, 0.2) is 28.8 Å². The number of aryl methyl sites for hydroxylation is 4. The molecule has 0 radical (unpaired) electrons. The Balaban J connectivity index is 1.94. The molecule has 24 heavy (non-hydrogen) atoms. The minimum Gasteiger partial charge on any atom is -0.439 e. The molecule has 0 aromatic carbocycles. The molecule has 1 aliphatic heterocycles. The monoisotopic (exact) mass is 318 g/mol. The second kappa shape index (κ2) is 5.23. The summed E-state index contributed by atoms with van der Waals surface area (Å²) < 4.78 is 8.23. The predicted molar refractivity (Wildman–Crippen MR) is 97.2 cm³/mol. The van der Waals surface area contributed by atoms with Crippen LogP contribution in [0.25, 0.3) is 23.3 Å². The van der Waals surface area contributed by atoms with Gasteiger partial charge in [0.25, 0.3) is 0 Å². The van der Waals surface area contributed by atoms with Gasteiger partial charge in [-0.3, -0.25) is 0 Å². The fraction of sp³-hybridized carbons (Fsp3) is 0.263. The highest BCUT2D eigenvalue weighted by Crippen LogP contribution is 2.09. The molecule has 4 heterocycles. The van der Waals surface area contributed by atoms with Crippen molar-refractivity contribution >= 4 is 35.7 Å². The third-order valence-corrected chi connectivity index (χ3v) is 4.93. The molecule has 3 aromatic rings. The van der Waals surface area contributed by atoms with E-state index in [9.17, 15) is 0 Å². The summed E-state index contributed by atoms with van der Waals surface area (Å²) in [6.45, 7) is 6.43. The lowest BCUT2D eigenvalue weighted by Crippen LogP contribution is -2.61. The highest BCUT2D eigenvalue weighted by atomic mass is 16.3. The van der Waals surface area contributed by atoms with E-state index in [0.717, 1.165) is 21.7 Å². The van der Waals surface area contributed by atoms with Crippen LogP contribution in [-0.4, -0.2) is 23.7 Å². The summed E-state index contributed by atoms with van der Waals surface area (Å²) in [5.41, 5.74) is 6.44. The summed E-state index contributed by atoms with van der Waals surface area (Å²) in [6, 6.07) is 6.38. The van der Waals surface area contributed by atoms with Crippen molar-refractivity contribution in [2.45, 2.75) is 20.8 Å². The average Bonchev–Trinajstić information content (AvgIpc) is 2.86. The number of hydrogen-bond donors (Lipinski definition) is 0. The molecule has 4 rings (SSSR count). The van der Waals surface area contributed by atoms with Gasteiger partial charge >= 0.3 is 6.85 Å². The molecule has 3 aromatic heterocycles. The normalized spacial score (nSPS) is 13.7. The molecule has 0 atom stereocenters. The van der Waals surface area contributed by atoms with E-state index in [1.54, 1.807) is 0 Å². The smallest absolute Gasteiger partial charge is 0.399 e. The summed E-state index contributed by atoms with van der Waals surface area (Å²) in [5, 5.41) is 2.18. The van der Waals surface area contributed by atoms with Crippen LogP contribution in [0, 0.1) is 20.8 Å². The minimum absolute atomic E-state index is 0.142. The van der Waals surface area contributed by atoms with Gasteiger partial charge in [-0.05, 0) is 57.7 Å². The Labute approximate surface area is 141 Å². The maximum Gasteiger partial charge on any atom is 0.399 e. The van der Waals surface area contributed by atoms with Crippen molar-refractivity contribution in [2.24, 2.45) is 7.05 Å². The zero-order valence-electron chi connectivity index (χ0n) is 14.8. The van der Waals surface area contributed by atoms with Gasteiger partial charge in [0.15, 0.2) is 11.8 Å². The van der Waals surface area contributed by atoms with Crippen molar-refractivity contribution in [1.82, 2.24) is 9.79 Å². The summed E-state index contributed by atoms with van der Waals surface area (Å²) in [5.74, 6) is 2.19. The lowest BCUT2D eigenvalue weighted by Gasteiger charge is -2.21. The number of nitrogens with zero attached hydrogens (tertiary/aromatic N) is 3. The molecule has 0 spiro atoms. The quantitative estimate of drug-likeness (QED) is 0.483. The number of hydrogen-bond acceptors (Lipinski definition) is 3. The second-order valence-corrected chi connectivity index (χ2v) is 6.77. The first kappa shape index (κ1) is 15.0. The molecule has 1 aliphatic rings. The number of furan rings is 1. The molecule has 5 heteroatoms. The van der Waals surface area contributed by atoms with Crippen molar-refractivity contribution < 1.29 is 8.98 Å². The molecule has 0 amide bonds. The molecular formula is C19H21BN3O+. The van der Waals surface area contributed by atoms with Gasteiger partial charge in [0.2, 0.25) is 5.71 Å². The van der Waals surface area contributed by atoms with Crippen LogP contribution in [0.2, 0.25) is 0 Å². The zero-order chi connectivity index (χ0) is 17.0. The van der Waals surface area contributed by atoms with E-state index in [1.165, 1.54) is 16.7 Å². The lowest BCUT2D eigenvalue weighted by atomic mass is 9.56. The first-order valence-electron chi connectivity index (χ1n) is 8.22. The molecule has 0 N–H and O–H groups in total. The predicted octanol–water partition coefficient (Wildman–Crippen LogP) is 0.479. The summed E-state index contributed by atoms with van der Waals surface area (Å²) >= 11 is 0. The van der Waals surface area contributed by atoms with Crippen LogP contribution >= 0.6 is 0 Å². The summed E-state index contributed by atoms with van der Waals surface area (Å²) in [7, 11) is 4.21. The Morgan fingerprint density at radius 2 is 1.96 bits per heavy atom. The van der Waals surface area contributed by atoms with Gasteiger partial charge in [-0.1, -0.05) is 0 Å².